The fourth-order valence-electron chi connectivity index (χ4n) is 4.59. The number of hydrogen-bond donors (Lipinski definition) is 1. The zero-order valence-corrected chi connectivity index (χ0v) is 20.5. The molecule has 7 nitrogen and oxygen atoms in total. The van der Waals surface area contributed by atoms with Crippen molar-refractivity contribution in [2.75, 3.05) is 12.0 Å². The molecule has 1 fully saturated rings. The molecule has 2 aromatic heterocycles. The topological polar surface area (TPSA) is 89.0 Å². The predicted octanol–water partition coefficient (Wildman–Crippen LogP) is 5.32. The summed E-state index contributed by atoms with van der Waals surface area (Å²) in [6.07, 6.45) is 0.769. The number of benzene rings is 2. The zero-order chi connectivity index (χ0) is 24.3. The molecule has 0 spiro atoms. The van der Waals surface area contributed by atoms with Crippen molar-refractivity contribution in [3.63, 3.8) is 0 Å². The Morgan fingerprint density at radius 2 is 2.06 bits per heavy atom. The van der Waals surface area contributed by atoms with Gasteiger partial charge in [0, 0.05) is 16.9 Å². The third kappa shape index (κ3) is 3.50. The number of anilines is 1. The van der Waals surface area contributed by atoms with Gasteiger partial charge in [-0.2, -0.15) is 0 Å². The molecule has 0 radical (unpaired) electrons. The minimum absolute atomic E-state index is 0.0526. The zero-order valence-electron chi connectivity index (χ0n) is 18.8. The van der Waals surface area contributed by atoms with Crippen LogP contribution < -0.4 is 14.4 Å². The van der Waals surface area contributed by atoms with E-state index in [1.165, 1.54) is 27.6 Å². The van der Waals surface area contributed by atoms with Gasteiger partial charge >= 0.3 is 5.91 Å². The van der Waals surface area contributed by atoms with Gasteiger partial charge in [0.15, 0.2) is 5.13 Å². The third-order valence-electron chi connectivity index (χ3n) is 6.22. The number of aliphatic hydroxyl groups excluding tert-OH is 1. The fourth-order valence-corrected chi connectivity index (χ4v) is 6.44. The van der Waals surface area contributed by atoms with Gasteiger partial charge in [-0.3, -0.25) is 14.5 Å². The minimum Gasteiger partial charge on any atom is -0.507 e. The summed E-state index contributed by atoms with van der Waals surface area (Å²) in [5.41, 5.74) is 2.20. The molecular formula is C26H20N2O5S2. The summed E-state index contributed by atoms with van der Waals surface area (Å²) in [7, 11) is 1.59. The van der Waals surface area contributed by atoms with Crippen molar-refractivity contribution in [1.82, 2.24) is 4.98 Å². The molecule has 2 aliphatic heterocycles. The monoisotopic (exact) mass is 504 g/mol. The van der Waals surface area contributed by atoms with Crippen molar-refractivity contribution in [1.29, 1.82) is 0 Å². The molecule has 9 heteroatoms. The predicted molar refractivity (Wildman–Crippen MR) is 136 cm³/mol. The summed E-state index contributed by atoms with van der Waals surface area (Å²) in [5, 5.41) is 13.6. The van der Waals surface area contributed by atoms with Crippen LogP contribution in [0.3, 0.4) is 0 Å². The molecule has 4 aromatic rings. The van der Waals surface area contributed by atoms with Crippen molar-refractivity contribution in [2.45, 2.75) is 25.5 Å². The lowest BCUT2D eigenvalue weighted by molar-refractivity contribution is -0.132. The molecule has 6 rings (SSSR count). The fraction of sp³-hybridized carbons (Fsp3) is 0.192. The normalized spacial score (nSPS) is 20.9. The second-order valence-electron chi connectivity index (χ2n) is 8.47. The number of amides is 1. The van der Waals surface area contributed by atoms with E-state index in [9.17, 15) is 14.7 Å². The number of ether oxygens (including phenoxy) is 2. The van der Waals surface area contributed by atoms with E-state index in [1.807, 2.05) is 42.6 Å². The Morgan fingerprint density at radius 3 is 2.83 bits per heavy atom. The molecule has 1 N–H and O–H groups in total. The van der Waals surface area contributed by atoms with Crippen LogP contribution in [0.5, 0.6) is 11.5 Å². The maximum absolute atomic E-state index is 13.3. The van der Waals surface area contributed by atoms with Gasteiger partial charge < -0.3 is 14.6 Å². The number of aliphatic hydroxyl groups is 1. The van der Waals surface area contributed by atoms with Gasteiger partial charge in [-0.25, -0.2) is 4.98 Å². The number of fused-ring (bicyclic) bond motifs is 2. The first kappa shape index (κ1) is 21.8. The summed E-state index contributed by atoms with van der Waals surface area (Å²) in [6, 6.07) is 13.7. The van der Waals surface area contributed by atoms with Gasteiger partial charge in [0.2, 0.25) is 0 Å². The Morgan fingerprint density at radius 1 is 1.20 bits per heavy atom. The number of ketones is 1. The number of nitrogens with zero attached hydrogens (tertiary/aromatic N) is 2. The maximum Gasteiger partial charge on any atom is 0.301 e. The molecule has 2 aliphatic rings. The van der Waals surface area contributed by atoms with Crippen LogP contribution in [0.4, 0.5) is 5.13 Å². The molecule has 1 saturated heterocycles. The lowest BCUT2D eigenvalue weighted by Gasteiger charge is -2.21. The Labute approximate surface area is 208 Å². The van der Waals surface area contributed by atoms with Gasteiger partial charge in [-0.15, -0.1) is 11.3 Å². The first-order chi connectivity index (χ1) is 16.9. The number of methoxy groups -OCH3 is 1. The van der Waals surface area contributed by atoms with E-state index >= 15 is 0 Å². The molecule has 1 amide bonds. The Balaban J connectivity index is 1.50. The van der Waals surface area contributed by atoms with Crippen LogP contribution in [0.15, 0.2) is 59.5 Å². The van der Waals surface area contributed by atoms with E-state index in [2.05, 4.69) is 4.98 Å². The summed E-state index contributed by atoms with van der Waals surface area (Å²) in [6.45, 7) is 1.98. The number of rotatable bonds is 4. The van der Waals surface area contributed by atoms with Gasteiger partial charge in [0.1, 0.15) is 29.4 Å². The second kappa shape index (κ2) is 8.21. The number of hydrogen-bond acceptors (Lipinski definition) is 8. The maximum atomic E-state index is 13.3. The molecule has 2 aromatic carbocycles. The average Bonchev–Trinajstić information content (AvgIpc) is 3.63. The SMILES string of the molecule is COc1ccc2nc(N3C(=O)C(=O)C(=C(O)c4ccc5c(c4)C[C@H](C)O5)[C@@H]3c3cccs3)sc2c1. The van der Waals surface area contributed by atoms with Crippen LogP contribution in [0.25, 0.3) is 16.0 Å². The van der Waals surface area contributed by atoms with Crippen molar-refractivity contribution < 1.29 is 24.2 Å². The third-order valence-corrected chi connectivity index (χ3v) is 8.16. The van der Waals surface area contributed by atoms with Crippen LogP contribution in [0.1, 0.15) is 29.0 Å². The highest BCUT2D eigenvalue weighted by Crippen LogP contribution is 2.46. The van der Waals surface area contributed by atoms with Crippen molar-refractivity contribution in [3.05, 3.63) is 75.5 Å². The molecule has 0 unspecified atom stereocenters. The van der Waals surface area contributed by atoms with Crippen LogP contribution in [-0.4, -0.2) is 35.0 Å². The highest BCUT2D eigenvalue weighted by atomic mass is 32.1. The van der Waals surface area contributed by atoms with E-state index in [0.29, 0.717) is 28.4 Å². The van der Waals surface area contributed by atoms with E-state index < -0.39 is 17.7 Å². The summed E-state index contributed by atoms with van der Waals surface area (Å²) in [4.78, 5) is 33.5. The molecule has 0 aliphatic carbocycles. The number of carbonyl (C=O) groups excluding carboxylic acids is 2. The minimum atomic E-state index is -0.777. The lowest BCUT2D eigenvalue weighted by Crippen LogP contribution is -2.28. The van der Waals surface area contributed by atoms with Crippen molar-refractivity contribution in [3.8, 4) is 11.5 Å². The van der Waals surface area contributed by atoms with Crippen LogP contribution >= 0.6 is 22.7 Å². The van der Waals surface area contributed by atoms with Crippen molar-refractivity contribution >= 4 is 55.5 Å². The van der Waals surface area contributed by atoms with Crippen molar-refractivity contribution in [2.24, 2.45) is 0 Å². The second-order valence-corrected chi connectivity index (χ2v) is 10.5. The van der Waals surface area contributed by atoms with Crippen LogP contribution in [0.2, 0.25) is 0 Å². The average molecular weight is 505 g/mol. The summed E-state index contributed by atoms with van der Waals surface area (Å²) in [5.74, 6) is -0.194. The largest absolute Gasteiger partial charge is 0.507 e. The molecule has 176 valence electrons. The quantitative estimate of drug-likeness (QED) is 0.230. The van der Waals surface area contributed by atoms with Crippen LogP contribution in [-0.2, 0) is 16.0 Å². The number of thiazole rings is 1. The molecule has 2 atom stereocenters. The first-order valence-electron chi connectivity index (χ1n) is 11.0. The summed E-state index contributed by atoms with van der Waals surface area (Å²) >= 11 is 2.72. The Bertz CT molecular complexity index is 1520. The molecular weight excluding hydrogens is 484 g/mol. The van der Waals surface area contributed by atoms with Gasteiger partial charge in [0.25, 0.3) is 5.78 Å². The number of aromatic nitrogens is 1. The molecule has 35 heavy (non-hydrogen) atoms. The van der Waals surface area contributed by atoms with Gasteiger partial charge in [0.05, 0.1) is 22.9 Å². The first-order valence-corrected chi connectivity index (χ1v) is 12.7. The van der Waals surface area contributed by atoms with Gasteiger partial charge in [-0.1, -0.05) is 17.4 Å². The van der Waals surface area contributed by atoms with E-state index in [-0.39, 0.29) is 17.4 Å². The molecule has 4 heterocycles. The Hall–Kier alpha value is -3.69. The Kier molecular flexibility index (Phi) is 5.12. The highest BCUT2D eigenvalue weighted by Gasteiger charge is 2.48. The molecule has 0 saturated carbocycles. The van der Waals surface area contributed by atoms with E-state index in [4.69, 9.17) is 9.47 Å². The standard InChI is InChI=1S/C26H20N2O5S2/c1-13-10-15-11-14(5-8-18(15)33-13)23(29)21-22(19-4-3-9-34-19)28(25(31)24(21)30)26-27-17-7-6-16(32-2)12-20(17)35-26/h3-9,11-13,22,29H,10H2,1-2H3/t13-,22-/m0/s1. The lowest BCUT2D eigenvalue weighted by atomic mass is 9.98. The number of carbonyl (C=O) groups is 2. The van der Waals surface area contributed by atoms with Crippen LogP contribution in [0, 0.1) is 0 Å². The van der Waals surface area contributed by atoms with E-state index in [1.54, 1.807) is 25.3 Å². The van der Waals surface area contributed by atoms with Gasteiger partial charge in [-0.05, 0) is 60.3 Å². The smallest absolute Gasteiger partial charge is 0.301 e. The van der Waals surface area contributed by atoms with E-state index in [0.717, 1.165) is 20.9 Å². The highest BCUT2D eigenvalue weighted by molar-refractivity contribution is 7.22. The molecule has 0 bridgehead atoms. The number of thiophene rings is 1. The number of Topliss-reactive ketones (excluding diaryl/α,β-unsaturated/α-hetero) is 1. The summed E-state index contributed by atoms with van der Waals surface area (Å²) < 4.78 is 11.9.